The Hall–Kier alpha value is -2.50. The SMILES string of the molecule is C=C(CC)CN1C(=O)C(=O)c2cc([N+](=O)[O-])ccc21. The van der Waals surface area contributed by atoms with Gasteiger partial charge in [0.25, 0.3) is 17.4 Å². The van der Waals surface area contributed by atoms with Crippen molar-refractivity contribution in [2.24, 2.45) is 0 Å². The number of carbonyl (C=O) groups is 2. The van der Waals surface area contributed by atoms with Crippen molar-refractivity contribution in [2.45, 2.75) is 13.3 Å². The van der Waals surface area contributed by atoms with E-state index < -0.39 is 16.6 Å². The van der Waals surface area contributed by atoms with E-state index in [1.54, 1.807) is 0 Å². The molecular weight excluding hydrogens is 248 g/mol. The first-order chi connectivity index (χ1) is 8.95. The molecule has 0 bridgehead atoms. The van der Waals surface area contributed by atoms with Crippen LogP contribution in [0.4, 0.5) is 11.4 Å². The van der Waals surface area contributed by atoms with E-state index in [0.29, 0.717) is 12.1 Å². The van der Waals surface area contributed by atoms with Crippen LogP contribution in [0.15, 0.2) is 30.4 Å². The number of nitro groups is 1. The van der Waals surface area contributed by atoms with Crippen LogP contribution in [0.2, 0.25) is 0 Å². The number of ketones is 1. The van der Waals surface area contributed by atoms with Crippen molar-refractivity contribution < 1.29 is 14.5 Å². The molecule has 2 rings (SSSR count). The molecule has 1 aromatic rings. The number of hydrogen-bond acceptors (Lipinski definition) is 4. The van der Waals surface area contributed by atoms with Crippen LogP contribution in [0.3, 0.4) is 0 Å². The molecule has 0 radical (unpaired) electrons. The molecule has 1 heterocycles. The minimum Gasteiger partial charge on any atom is -0.301 e. The van der Waals surface area contributed by atoms with Crippen LogP contribution >= 0.6 is 0 Å². The zero-order valence-corrected chi connectivity index (χ0v) is 10.4. The van der Waals surface area contributed by atoms with Crippen molar-refractivity contribution in [1.29, 1.82) is 0 Å². The fraction of sp³-hybridized carbons (Fsp3) is 0.231. The Balaban J connectivity index is 2.44. The van der Waals surface area contributed by atoms with Gasteiger partial charge in [-0.05, 0) is 12.5 Å². The van der Waals surface area contributed by atoms with Crippen molar-refractivity contribution in [2.75, 3.05) is 11.4 Å². The number of fused-ring (bicyclic) bond motifs is 1. The van der Waals surface area contributed by atoms with Gasteiger partial charge in [0.15, 0.2) is 0 Å². The molecule has 1 amide bonds. The first kappa shape index (κ1) is 12.9. The lowest BCUT2D eigenvalue weighted by Crippen LogP contribution is -2.31. The number of anilines is 1. The van der Waals surface area contributed by atoms with Gasteiger partial charge in [-0.15, -0.1) is 0 Å². The van der Waals surface area contributed by atoms with E-state index in [1.165, 1.54) is 17.0 Å². The van der Waals surface area contributed by atoms with Crippen molar-refractivity contribution in [3.8, 4) is 0 Å². The van der Waals surface area contributed by atoms with Gasteiger partial charge in [0.05, 0.1) is 16.2 Å². The van der Waals surface area contributed by atoms with E-state index in [9.17, 15) is 19.7 Å². The Labute approximate surface area is 109 Å². The summed E-state index contributed by atoms with van der Waals surface area (Å²) in [5.74, 6) is -1.37. The van der Waals surface area contributed by atoms with Gasteiger partial charge in [0.2, 0.25) is 0 Å². The highest BCUT2D eigenvalue weighted by molar-refractivity contribution is 6.52. The smallest absolute Gasteiger partial charge is 0.299 e. The quantitative estimate of drug-likeness (QED) is 0.359. The summed E-state index contributed by atoms with van der Waals surface area (Å²) >= 11 is 0. The third-order valence-corrected chi connectivity index (χ3v) is 3.05. The highest BCUT2D eigenvalue weighted by atomic mass is 16.6. The fourth-order valence-corrected chi connectivity index (χ4v) is 1.89. The minimum absolute atomic E-state index is 0.0862. The van der Waals surface area contributed by atoms with Crippen LogP contribution in [0.5, 0.6) is 0 Å². The van der Waals surface area contributed by atoms with Crippen molar-refractivity contribution in [1.82, 2.24) is 0 Å². The number of rotatable bonds is 4. The lowest BCUT2D eigenvalue weighted by atomic mass is 10.1. The van der Waals surface area contributed by atoms with E-state index in [-0.39, 0.29) is 17.8 Å². The minimum atomic E-state index is -0.706. The largest absolute Gasteiger partial charge is 0.301 e. The molecule has 0 atom stereocenters. The maximum Gasteiger partial charge on any atom is 0.299 e. The average Bonchev–Trinajstić information content (AvgIpc) is 2.63. The second-order valence-corrected chi connectivity index (χ2v) is 4.28. The number of benzene rings is 1. The summed E-state index contributed by atoms with van der Waals surface area (Å²) in [6, 6.07) is 3.86. The van der Waals surface area contributed by atoms with Crippen LogP contribution in [0, 0.1) is 10.1 Å². The molecule has 0 aromatic heterocycles. The van der Waals surface area contributed by atoms with Crippen LogP contribution in [-0.2, 0) is 4.79 Å². The first-order valence-corrected chi connectivity index (χ1v) is 5.77. The molecule has 1 aliphatic heterocycles. The molecule has 0 saturated carbocycles. The Kier molecular flexibility index (Phi) is 3.16. The molecule has 98 valence electrons. The predicted molar refractivity (Wildman–Crippen MR) is 69.2 cm³/mol. The molecule has 6 heteroatoms. The first-order valence-electron chi connectivity index (χ1n) is 5.77. The van der Waals surface area contributed by atoms with Gasteiger partial charge in [-0.25, -0.2) is 0 Å². The lowest BCUT2D eigenvalue weighted by molar-refractivity contribution is -0.384. The molecular formula is C13H12N2O4. The fourth-order valence-electron chi connectivity index (χ4n) is 1.89. The number of amides is 1. The maximum absolute atomic E-state index is 11.9. The molecule has 0 saturated heterocycles. The van der Waals surface area contributed by atoms with E-state index in [2.05, 4.69) is 6.58 Å². The number of carbonyl (C=O) groups excluding carboxylic acids is 2. The van der Waals surface area contributed by atoms with Gasteiger partial charge < -0.3 is 4.90 Å². The van der Waals surface area contributed by atoms with Crippen LogP contribution in [-0.4, -0.2) is 23.2 Å². The average molecular weight is 260 g/mol. The lowest BCUT2D eigenvalue weighted by Gasteiger charge is -2.17. The molecule has 0 fully saturated rings. The van der Waals surface area contributed by atoms with Gasteiger partial charge in [-0.1, -0.05) is 19.1 Å². The second kappa shape index (κ2) is 4.64. The van der Waals surface area contributed by atoms with Crippen molar-refractivity contribution in [3.05, 3.63) is 46.0 Å². The van der Waals surface area contributed by atoms with Crippen molar-refractivity contribution in [3.63, 3.8) is 0 Å². The summed E-state index contributed by atoms with van der Waals surface area (Å²) in [4.78, 5) is 35.1. The van der Waals surface area contributed by atoms with Gasteiger partial charge in [0, 0.05) is 18.7 Å². The molecule has 1 aliphatic rings. The molecule has 19 heavy (non-hydrogen) atoms. The van der Waals surface area contributed by atoms with Gasteiger partial charge in [-0.2, -0.15) is 0 Å². The van der Waals surface area contributed by atoms with Crippen molar-refractivity contribution >= 4 is 23.1 Å². The van der Waals surface area contributed by atoms with E-state index in [1.807, 2.05) is 6.92 Å². The summed E-state index contributed by atoms with van der Waals surface area (Å²) in [7, 11) is 0. The van der Waals surface area contributed by atoms with Gasteiger partial charge in [-0.3, -0.25) is 19.7 Å². The van der Waals surface area contributed by atoms with Gasteiger partial charge >= 0.3 is 0 Å². The topological polar surface area (TPSA) is 80.5 Å². The summed E-state index contributed by atoms with van der Waals surface area (Å²) in [6.45, 7) is 5.96. The second-order valence-electron chi connectivity index (χ2n) is 4.28. The summed E-state index contributed by atoms with van der Waals surface area (Å²) < 4.78 is 0. The molecule has 0 aliphatic carbocycles. The third kappa shape index (κ3) is 2.12. The summed E-state index contributed by atoms with van der Waals surface area (Å²) in [5, 5.41) is 10.7. The number of nitro benzene ring substituents is 1. The monoisotopic (exact) mass is 260 g/mol. The maximum atomic E-state index is 11.9. The van der Waals surface area contributed by atoms with Gasteiger partial charge in [0.1, 0.15) is 0 Å². The Bertz CT molecular complexity index is 607. The van der Waals surface area contributed by atoms with Crippen LogP contribution in [0.1, 0.15) is 23.7 Å². The van der Waals surface area contributed by atoms with E-state index in [0.717, 1.165) is 11.6 Å². The Morgan fingerprint density at radius 1 is 1.42 bits per heavy atom. The standard InChI is InChI=1S/C13H12N2O4/c1-3-8(2)7-14-11-5-4-9(15(18)19)6-10(11)12(16)13(14)17/h4-6H,2-3,7H2,1H3. The summed E-state index contributed by atoms with van der Waals surface area (Å²) in [6.07, 6.45) is 0.695. The molecule has 0 N–H and O–H groups in total. The predicted octanol–water partition coefficient (Wildman–Crippen LogP) is 2.09. The molecule has 0 unspecified atom stereocenters. The molecule has 1 aromatic carbocycles. The highest BCUT2D eigenvalue weighted by Crippen LogP contribution is 2.32. The summed E-state index contributed by atoms with van der Waals surface area (Å²) in [5.41, 5.74) is 1.11. The number of Topliss-reactive ketones (excluding diaryl/α,β-unsaturated/α-hetero) is 1. The zero-order valence-electron chi connectivity index (χ0n) is 10.4. The third-order valence-electron chi connectivity index (χ3n) is 3.05. The van der Waals surface area contributed by atoms with E-state index >= 15 is 0 Å². The highest BCUT2D eigenvalue weighted by Gasteiger charge is 2.36. The number of nitrogens with zero attached hydrogens (tertiary/aromatic N) is 2. The normalized spacial score (nSPS) is 13.6. The Morgan fingerprint density at radius 3 is 2.68 bits per heavy atom. The van der Waals surface area contributed by atoms with Crippen LogP contribution in [0.25, 0.3) is 0 Å². The number of hydrogen-bond donors (Lipinski definition) is 0. The Morgan fingerprint density at radius 2 is 2.11 bits per heavy atom. The van der Waals surface area contributed by atoms with Crippen LogP contribution < -0.4 is 4.90 Å². The zero-order chi connectivity index (χ0) is 14.2. The molecule has 6 nitrogen and oxygen atoms in total. The van der Waals surface area contributed by atoms with E-state index in [4.69, 9.17) is 0 Å². The number of non-ortho nitro benzene ring substituents is 1. The molecule has 0 spiro atoms.